The third kappa shape index (κ3) is 6.70. The SMILES string of the molecule is CC(C)=CCC[C@](C)(O)C1CC[C@]2(C)C1[C@H](O)CC1[C@@]3(C)CC[C@H](O[C@@H]4O[C@H](COS(=O)(=O)O)[C@@H](O)[C@H](O)[C@H]4O)C(C)(C)C3[C@@H](O)C[C@]12C. The van der Waals surface area contributed by atoms with Crippen molar-refractivity contribution < 1.29 is 57.3 Å². The number of hydrogen-bond acceptors (Lipinski definition) is 11. The number of aliphatic hydroxyl groups is 6. The molecule has 13 heteroatoms. The van der Waals surface area contributed by atoms with E-state index in [1.165, 1.54) is 5.57 Å². The zero-order valence-corrected chi connectivity index (χ0v) is 31.3. The van der Waals surface area contributed by atoms with Crippen LogP contribution >= 0.6 is 0 Å². The number of ether oxygens (including phenoxy) is 2. The third-order valence-corrected chi connectivity index (χ3v) is 15.0. The van der Waals surface area contributed by atoms with Crippen LogP contribution in [-0.4, -0.2) is 105 Å². The highest BCUT2D eigenvalue weighted by Gasteiger charge is 2.73. The summed E-state index contributed by atoms with van der Waals surface area (Å²) in [7, 11) is -4.85. The number of fused-ring (bicyclic) bond motifs is 5. The van der Waals surface area contributed by atoms with Gasteiger partial charge in [-0.1, -0.05) is 46.3 Å². The Morgan fingerprint density at radius 3 is 2.20 bits per heavy atom. The van der Waals surface area contributed by atoms with E-state index in [9.17, 15) is 39.1 Å². The molecule has 0 aromatic rings. The normalized spacial score (nSPS) is 49.3. The zero-order valence-electron chi connectivity index (χ0n) is 30.4. The lowest BCUT2D eigenvalue weighted by Crippen LogP contribution is -2.70. The van der Waals surface area contributed by atoms with Crippen LogP contribution in [0.2, 0.25) is 0 Å². The predicted octanol–water partition coefficient (Wildman–Crippen LogP) is 3.12. The minimum Gasteiger partial charge on any atom is -0.393 e. The van der Waals surface area contributed by atoms with Gasteiger partial charge in [-0.3, -0.25) is 4.55 Å². The van der Waals surface area contributed by atoms with Crippen LogP contribution in [0.1, 0.15) is 107 Å². The molecule has 0 aromatic heterocycles. The lowest BCUT2D eigenvalue weighted by molar-refractivity contribution is -0.336. The molecule has 4 aliphatic carbocycles. The Kier molecular flexibility index (Phi) is 10.7. The van der Waals surface area contributed by atoms with Crippen molar-refractivity contribution in [3.05, 3.63) is 11.6 Å². The molecule has 4 saturated carbocycles. The highest BCUT2D eigenvalue weighted by Crippen LogP contribution is 2.76. The van der Waals surface area contributed by atoms with E-state index in [-0.39, 0.29) is 39.9 Å². The molecule has 4 unspecified atom stereocenters. The molecule has 7 N–H and O–H groups in total. The number of hydrogen-bond donors (Lipinski definition) is 7. The van der Waals surface area contributed by atoms with Crippen molar-refractivity contribution in [3.63, 3.8) is 0 Å². The summed E-state index contributed by atoms with van der Waals surface area (Å²) in [4.78, 5) is 0. The molecule has 12 nitrogen and oxygen atoms in total. The number of allylic oxidation sites excluding steroid dienone is 2. The summed E-state index contributed by atoms with van der Waals surface area (Å²) in [6.07, 6.45) is -2.27. The molecule has 16 atom stereocenters. The van der Waals surface area contributed by atoms with E-state index < -0.39 is 77.0 Å². The van der Waals surface area contributed by atoms with Gasteiger partial charge >= 0.3 is 10.4 Å². The largest absolute Gasteiger partial charge is 0.397 e. The Balaban J connectivity index is 1.38. The molecule has 0 aromatic carbocycles. The topological polar surface area (TPSA) is 203 Å². The Morgan fingerprint density at radius 1 is 0.939 bits per heavy atom. The Labute approximate surface area is 292 Å². The standard InChI is InChI=1S/C36H62O12S/c1-19(2)10-9-13-36(8,42)20-11-15-34(6)26(20)21(37)16-24-33(5)14-12-25(32(3,4)30(33)22(38)17-35(24,34)7)48-31-29(41)28(40)27(39)23(47-31)18-46-49(43,44)45/h10,20-31,37-42H,9,11-18H2,1-8H3,(H,43,44,45)/t20?,21-,22+,23-,24?,25+,26?,27-,28+,29-,30?,31+,33-,34-,35-,36+/m1/s1. The van der Waals surface area contributed by atoms with Crippen molar-refractivity contribution in [2.75, 3.05) is 6.61 Å². The smallest absolute Gasteiger partial charge is 0.393 e. The third-order valence-electron chi connectivity index (χ3n) is 14.6. The van der Waals surface area contributed by atoms with Gasteiger partial charge in [0.1, 0.15) is 24.4 Å². The summed E-state index contributed by atoms with van der Waals surface area (Å²) in [6.45, 7) is 16.1. The van der Waals surface area contributed by atoms with Gasteiger partial charge < -0.3 is 40.1 Å². The van der Waals surface area contributed by atoms with E-state index in [0.29, 0.717) is 32.1 Å². The Hall–Kier alpha value is -0.710. The highest BCUT2D eigenvalue weighted by atomic mass is 32.3. The van der Waals surface area contributed by atoms with Gasteiger partial charge in [0.2, 0.25) is 0 Å². The van der Waals surface area contributed by atoms with Gasteiger partial charge in [-0.2, -0.15) is 8.42 Å². The van der Waals surface area contributed by atoms with Gasteiger partial charge in [-0.15, -0.1) is 0 Å². The van der Waals surface area contributed by atoms with E-state index in [1.807, 2.05) is 20.8 Å². The van der Waals surface area contributed by atoms with Gasteiger partial charge in [0.25, 0.3) is 0 Å². The van der Waals surface area contributed by atoms with E-state index in [2.05, 4.69) is 44.9 Å². The van der Waals surface area contributed by atoms with Crippen molar-refractivity contribution >= 4 is 10.4 Å². The maximum absolute atomic E-state index is 12.2. The zero-order chi connectivity index (χ0) is 36.7. The molecule has 0 radical (unpaired) electrons. The summed E-state index contributed by atoms with van der Waals surface area (Å²) >= 11 is 0. The van der Waals surface area contributed by atoms with Crippen molar-refractivity contribution in [1.29, 1.82) is 0 Å². The summed E-state index contributed by atoms with van der Waals surface area (Å²) in [5.74, 6) is -0.334. The van der Waals surface area contributed by atoms with E-state index >= 15 is 0 Å². The summed E-state index contributed by atoms with van der Waals surface area (Å²) in [6, 6.07) is 0. The summed E-state index contributed by atoms with van der Waals surface area (Å²) in [5, 5.41) is 67.8. The molecule has 5 fully saturated rings. The second kappa shape index (κ2) is 13.3. The lowest BCUT2D eigenvalue weighted by atomic mass is 9.34. The average Bonchev–Trinajstić information content (AvgIpc) is 3.35. The first-order chi connectivity index (χ1) is 22.4. The van der Waals surface area contributed by atoms with Gasteiger partial charge in [0, 0.05) is 0 Å². The molecule has 0 bridgehead atoms. The van der Waals surface area contributed by atoms with E-state index in [1.54, 1.807) is 0 Å². The molecular weight excluding hydrogens is 656 g/mol. The minimum absolute atomic E-state index is 0.0541. The fourth-order valence-corrected chi connectivity index (χ4v) is 12.5. The number of aliphatic hydroxyl groups excluding tert-OH is 5. The maximum Gasteiger partial charge on any atom is 0.397 e. The molecule has 1 heterocycles. The van der Waals surface area contributed by atoms with Gasteiger partial charge in [-0.25, -0.2) is 4.18 Å². The van der Waals surface area contributed by atoms with Gasteiger partial charge in [0.15, 0.2) is 6.29 Å². The van der Waals surface area contributed by atoms with Crippen molar-refractivity contribution in [3.8, 4) is 0 Å². The first-order valence-electron chi connectivity index (χ1n) is 18.1. The quantitative estimate of drug-likeness (QED) is 0.104. The van der Waals surface area contributed by atoms with Crippen molar-refractivity contribution in [2.45, 2.75) is 161 Å². The van der Waals surface area contributed by atoms with Crippen LogP contribution in [0.15, 0.2) is 11.6 Å². The van der Waals surface area contributed by atoms with Crippen molar-refractivity contribution in [1.82, 2.24) is 0 Å². The number of rotatable bonds is 9. The predicted molar refractivity (Wildman–Crippen MR) is 180 cm³/mol. The van der Waals surface area contributed by atoms with Crippen LogP contribution in [0, 0.1) is 45.3 Å². The van der Waals surface area contributed by atoms with E-state index in [4.69, 9.17) is 14.0 Å². The van der Waals surface area contributed by atoms with E-state index in [0.717, 1.165) is 19.3 Å². The summed E-state index contributed by atoms with van der Waals surface area (Å²) in [5.41, 5.74) is -1.38. The van der Waals surface area contributed by atoms with Gasteiger partial charge in [-0.05, 0) is 117 Å². The van der Waals surface area contributed by atoms with Crippen LogP contribution in [0.3, 0.4) is 0 Å². The van der Waals surface area contributed by atoms with Crippen molar-refractivity contribution in [2.24, 2.45) is 45.3 Å². The molecule has 284 valence electrons. The van der Waals surface area contributed by atoms with Crippen LogP contribution < -0.4 is 0 Å². The Bertz CT molecular complexity index is 1350. The van der Waals surface area contributed by atoms with Gasteiger partial charge in [0.05, 0.1) is 30.5 Å². The fourth-order valence-electron chi connectivity index (χ4n) is 12.2. The monoisotopic (exact) mass is 718 g/mol. The van der Waals surface area contributed by atoms with Crippen LogP contribution in [0.5, 0.6) is 0 Å². The molecule has 49 heavy (non-hydrogen) atoms. The molecule has 1 aliphatic heterocycles. The van der Waals surface area contributed by atoms with Crippen LogP contribution in [0.4, 0.5) is 0 Å². The first kappa shape index (κ1) is 39.5. The molecule has 0 spiro atoms. The average molecular weight is 719 g/mol. The lowest BCUT2D eigenvalue weighted by Gasteiger charge is -2.71. The maximum atomic E-state index is 12.2. The van der Waals surface area contributed by atoms with Crippen LogP contribution in [-0.2, 0) is 24.1 Å². The molecular formula is C36H62O12S. The summed E-state index contributed by atoms with van der Waals surface area (Å²) < 4.78 is 47.7. The Morgan fingerprint density at radius 2 is 1.59 bits per heavy atom. The first-order valence-corrected chi connectivity index (χ1v) is 19.5. The molecule has 5 rings (SSSR count). The van der Waals surface area contributed by atoms with Crippen LogP contribution in [0.25, 0.3) is 0 Å². The second-order valence-electron chi connectivity index (χ2n) is 18.0. The minimum atomic E-state index is -4.85. The highest BCUT2D eigenvalue weighted by molar-refractivity contribution is 7.80. The molecule has 1 saturated heterocycles. The second-order valence-corrected chi connectivity index (χ2v) is 19.1. The molecule has 5 aliphatic rings. The molecule has 0 amide bonds. The fraction of sp³-hybridized carbons (Fsp3) is 0.944.